The van der Waals surface area contributed by atoms with Crippen LogP contribution in [0.4, 0.5) is 13.2 Å². The van der Waals surface area contributed by atoms with Crippen molar-refractivity contribution in [2.24, 2.45) is 5.73 Å². The fourth-order valence-electron chi connectivity index (χ4n) is 3.64. The van der Waals surface area contributed by atoms with E-state index in [9.17, 15) is 13.2 Å². The predicted molar refractivity (Wildman–Crippen MR) is 114 cm³/mol. The molecule has 0 bridgehead atoms. The lowest BCUT2D eigenvalue weighted by Crippen LogP contribution is -2.10. The van der Waals surface area contributed by atoms with E-state index in [1.807, 2.05) is 24.3 Å². The van der Waals surface area contributed by atoms with Crippen molar-refractivity contribution < 1.29 is 13.2 Å². The molecule has 3 aromatic rings. The molecule has 6 heteroatoms. The summed E-state index contributed by atoms with van der Waals surface area (Å²) >= 11 is 6.37. The van der Waals surface area contributed by atoms with Crippen LogP contribution in [0.2, 0.25) is 5.02 Å². The molecule has 0 saturated carbocycles. The Bertz CT molecular complexity index is 996. The number of nitrogens with one attached hydrogen (secondary N) is 1. The van der Waals surface area contributed by atoms with E-state index in [-0.39, 0.29) is 10.9 Å². The number of rotatable bonds is 5. The van der Waals surface area contributed by atoms with Crippen LogP contribution < -0.4 is 5.73 Å². The van der Waals surface area contributed by atoms with Gasteiger partial charge in [-0.15, -0.1) is 0 Å². The molecule has 0 aliphatic rings. The number of nitrogens with two attached hydrogens (primary N) is 1. The number of fused-ring (bicyclic) bond motifs is 1. The van der Waals surface area contributed by atoms with E-state index < -0.39 is 11.7 Å². The molecule has 0 aliphatic heterocycles. The normalized spacial score (nSPS) is 12.7. The van der Waals surface area contributed by atoms with Gasteiger partial charge < -0.3 is 10.7 Å². The first kappa shape index (κ1) is 21.7. The van der Waals surface area contributed by atoms with E-state index in [4.69, 9.17) is 17.3 Å². The Hall–Kier alpha value is -1.98. The Morgan fingerprint density at radius 3 is 2.17 bits per heavy atom. The Morgan fingerprint density at radius 1 is 0.966 bits per heavy atom. The maximum absolute atomic E-state index is 13.6. The fourth-order valence-corrected chi connectivity index (χ4v) is 3.91. The average molecular weight is 423 g/mol. The highest BCUT2D eigenvalue weighted by atomic mass is 35.5. The first-order valence-electron chi connectivity index (χ1n) is 9.75. The SMILES string of the molecule is CC(C)(C)c1ccc(-c2[nH]c3c(C(F)(F)F)ccc(Cl)c3c2CCCCN)cc1. The Morgan fingerprint density at radius 2 is 1.62 bits per heavy atom. The average Bonchev–Trinajstić information content (AvgIpc) is 3.01. The lowest BCUT2D eigenvalue weighted by Gasteiger charge is -2.19. The van der Waals surface area contributed by atoms with Crippen LogP contribution in [0.1, 0.15) is 50.3 Å². The van der Waals surface area contributed by atoms with Crippen molar-refractivity contribution in [3.8, 4) is 11.3 Å². The molecule has 1 aromatic heterocycles. The molecule has 2 aromatic carbocycles. The molecule has 1 heterocycles. The Labute approximate surface area is 174 Å². The van der Waals surface area contributed by atoms with Crippen LogP contribution in [0, 0.1) is 0 Å². The molecule has 0 saturated heterocycles. The summed E-state index contributed by atoms with van der Waals surface area (Å²) < 4.78 is 40.8. The lowest BCUT2D eigenvalue weighted by molar-refractivity contribution is -0.136. The molecule has 0 unspecified atom stereocenters. The zero-order valence-electron chi connectivity index (χ0n) is 16.9. The van der Waals surface area contributed by atoms with Crippen LogP contribution in [0.25, 0.3) is 22.2 Å². The van der Waals surface area contributed by atoms with Gasteiger partial charge in [-0.2, -0.15) is 13.2 Å². The monoisotopic (exact) mass is 422 g/mol. The van der Waals surface area contributed by atoms with E-state index in [1.54, 1.807) is 0 Å². The van der Waals surface area contributed by atoms with Gasteiger partial charge in [-0.1, -0.05) is 56.6 Å². The quantitative estimate of drug-likeness (QED) is 0.423. The van der Waals surface area contributed by atoms with Crippen LogP contribution in [0.3, 0.4) is 0 Å². The third-order valence-electron chi connectivity index (χ3n) is 5.23. The standard InChI is InChI=1S/C23H26ClF3N2/c1-22(2,3)15-9-7-14(8-10-15)20-16(6-4-5-13-28)19-18(24)12-11-17(21(19)29-20)23(25,26)27/h7-12,29H,4-6,13,28H2,1-3H3. The highest BCUT2D eigenvalue weighted by Gasteiger charge is 2.34. The molecule has 0 atom stereocenters. The third-order valence-corrected chi connectivity index (χ3v) is 5.55. The van der Waals surface area contributed by atoms with Gasteiger partial charge in [0.25, 0.3) is 0 Å². The zero-order valence-corrected chi connectivity index (χ0v) is 17.6. The summed E-state index contributed by atoms with van der Waals surface area (Å²) in [5.41, 5.74) is 8.47. The van der Waals surface area contributed by atoms with Gasteiger partial charge >= 0.3 is 6.18 Å². The number of alkyl halides is 3. The number of hydrogen-bond acceptors (Lipinski definition) is 1. The molecule has 29 heavy (non-hydrogen) atoms. The van der Waals surface area contributed by atoms with Crippen LogP contribution in [-0.2, 0) is 18.0 Å². The van der Waals surface area contributed by atoms with Gasteiger partial charge in [-0.25, -0.2) is 0 Å². The minimum Gasteiger partial charge on any atom is -0.354 e. The van der Waals surface area contributed by atoms with Crippen molar-refractivity contribution in [3.63, 3.8) is 0 Å². The summed E-state index contributed by atoms with van der Waals surface area (Å²) in [6.45, 7) is 6.91. The maximum atomic E-state index is 13.6. The number of benzene rings is 2. The molecular formula is C23H26ClF3N2. The summed E-state index contributed by atoms with van der Waals surface area (Å²) in [4.78, 5) is 3.05. The lowest BCUT2D eigenvalue weighted by atomic mass is 9.86. The van der Waals surface area contributed by atoms with Crippen LogP contribution in [0.15, 0.2) is 36.4 Å². The first-order valence-corrected chi connectivity index (χ1v) is 10.1. The molecule has 3 rings (SSSR count). The second-order valence-corrected chi connectivity index (χ2v) is 8.80. The largest absolute Gasteiger partial charge is 0.418 e. The summed E-state index contributed by atoms with van der Waals surface area (Å²) in [5, 5.41) is 0.776. The van der Waals surface area contributed by atoms with Gasteiger partial charge in [0.2, 0.25) is 0 Å². The van der Waals surface area contributed by atoms with Crippen molar-refractivity contribution in [1.82, 2.24) is 4.98 Å². The van der Waals surface area contributed by atoms with Gasteiger partial charge in [0.05, 0.1) is 16.1 Å². The molecule has 156 valence electrons. The number of aromatic amines is 1. The van der Waals surface area contributed by atoms with Crippen LogP contribution in [-0.4, -0.2) is 11.5 Å². The van der Waals surface area contributed by atoms with Crippen molar-refractivity contribution in [3.05, 3.63) is 58.1 Å². The highest BCUT2D eigenvalue weighted by Crippen LogP contribution is 2.42. The minimum atomic E-state index is -4.46. The van der Waals surface area contributed by atoms with Gasteiger partial charge in [-0.3, -0.25) is 0 Å². The molecule has 2 nitrogen and oxygen atoms in total. The van der Waals surface area contributed by atoms with E-state index in [0.29, 0.717) is 29.1 Å². The number of aromatic nitrogens is 1. The number of aryl methyl sites for hydroxylation is 1. The van der Waals surface area contributed by atoms with Crippen LogP contribution in [0.5, 0.6) is 0 Å². The molecule has 3 N–H and O–H groups in total. The summed E-state index contributed by atoms with van der Waals surface area (Å²) in [5.74, 6) is 0. The summed E-state index contributed by atoms with van der Waals surface area (Å²) in [6, 6.07) is 10.3. The fraction of sp³-hybridized carbons (Fsp3) is 0.391. The smallest absolute Gasteiger partial charge is 0.354 e. The second-order valence-electron chi connectivity index (χ2n) is 8.39. The summed E-state index contributed by atoms with van der Waals surface area (Å²) in [7, 11) is 0. The molecule has 0 spiro atoms. The van der Waals surface area contributed by atoms with E-state index in [2.05, 4.69) is 25.8 Å². The van der Waals surface area contributed by atoms with Gasteiger partial charge in [-0.05, 0) is 60.0 Å². The molecule has 0 fully saturated rings. The Balaban J connectivity index is 2.22. The van der Waals surface area contributed by atoms with Gasteiger partial charge in [0.15, 0.2) is 0 Å². The Kier molecular flexibility index (Phi) is 6.02. The minimum absolute atomic E-state index is 0.00427. The van der Waals surface area contributed by atoms with Crippen molar-refractivity contribution in [2.75, 3.05) is 6.54 Å². The highest BCUT2D eigenvalue weighted by molar-refractivity contribution is 6.36. The van der Waals surface area contributed by atoms with E-state index in [1.165, 1.54) is 6.07 Å². The number of H-pyrrole nitrogens is 1. The number of unbranched alkanes of at least 4 members (excludes halogenated alkanes) is 1. The molecular weight excluding hydrogens is 397 g/mol. The zero-order chi connectivity index (χ0) is 21.4. The van der Waals surface area contributed by atoms with E-state index >= 15 is 0 Å². The first-order chi connectivity index (χ1) is 13.5. The van der Waals surface area contributed by atoms with Crippen molar-refractivity contribution in [1.29, 1.82) is 0 Å². The van der Waals surface area contributed by atoms with Crippen molar-refractivity contribution >= 4 is 22.5 Å². The van der Waals surface area contributed by atoms with Crippen molar-refractivity contribution in [2.45, 2.75) is 51.6 Å². The van der Waals surface area contributed by atoms with Gasteiger partial charge in [0.1, 0.15) is 0 Å². The van der Waals surface area contributed by atoms with E-state index in [0.717, 1.165) is 35.6 Å². The number of hydrogen-bond donors (Lipinski definition) is 2. The van der Waals surface area contributed by atoms with Gasteiger partial charge in [0, 0.05) is 11.1 Å². The molecule has 0 radical (unpaired) electrons. The summed E-state index contributed by atoms with van der Waals surface area (Å²) in [6.07, 6.45) is -2.28. The molecule has 0 aliphatic carbocycles. The second kappa shape index (κ2) is 8.04. The predicted octanol–water partition coefficient (Wildman–Crippen LogP) is 7.09. The molecule has 0 amide bonds. The van der Waals surface area contributed by atoms with Crippen LogP contribution >= 0.6 is 11.6 Å². The number of halogens is 4. The topological polar surface area (TPSA) is 41.8 Å². The maximum Gasteiger partial charge on any atom is 0.418 e. The third kappa shape index (κ3) is 4.46.